The molecule has 2 atom stereocenters. The molecule has 2 heterocycles. The van der Waals surface area contributed by atoms with E-state index in [9.17, 15) is 4.79 Å². The molecule has 1 aromatic heterocycles. The first-order valence-electron chi connectivity index (χ1n) is 7.75. The Labute approximate surface area is 125 Å². The largest absolute Gasteiger partial charge is 0.320 e. The van der Waals surface area contributed by atoms with Gasteiger partial charge in [-0.3, -0.25) is 10.1 Å². The van der Waals surface area contributed by atoms with E-state index in [1.165, 1.54) is 37.0 Å². The Bertz CT molecular complexity index is 465. The molecule has 0 spiro atoms. The summed E-state index contributed by atoms with van der Waals surface area (Å²) in [6.45, 7) is 5.18. The fourth-order valence-corrected chi connectivity index (χ4v) is 4.53. The average molecular weight is 292 g/mol. The van der Waals surface area contributed by atoms with Crippen LogP contribution in [0.5, 0.6) is 0 Å². The molecule has 1 N–H and O–H groups in total. The number of carbonyl (C=O) groups excluding carboxylic acids is 1. The summed E-state index contributed by atoms with van der Waals surface area (Å²) >= 11 is 1.74. The van der Waals surface area contributed by atoms with E-state index >= 15 is 0 Å². The number of thiophene rings is 1. The topological polar surface area (TPSA) is 32.3 Å². The highest BCUT2D eigenvalue weighted by Crippen LogP contribution is 2.43. The second-order valence-electron chi connectivity index (χ2n) is 6.33. The van der Waals surface area contributed by atoms with Crippen molar-refractivity contribution in [1.29, 1.82) is 0 Å². The van der Waals surface area contributed by atoms with Gasteiger partial charge >= 0.3 is 0 Å². The van der Waals surface area contributed by atoms with Crippen LogP contribution in [0.25, 0.3) is 0 Å². The molecule has 1 amide bonds. The molecular formula is C16H24N2OS. The first kappa shape index (κ1) is 14.1. The van der Waals surface area contributed by atoms with Gasteiger partial charge in [-0.2, -0.15) is 0 Å². The predicted octanol–water partition coefficient (Wildman–Crippen LogP) is 3.54. The zero-order valence-electron chi connectivity index (χ0n) is 12.4. The minimum atomic E-state index is -0.0580. The van der Waals surface area contributed by atoms with Crippen molar-refractivity contribution >= 4 is 17.2 Å². The summed E-state index contributed by atoms with van der Waals surface area (Å²) in [6.07, 6.45) is 6.46. The molecule has 20 heavy (non-hydrogen) atoms. The van der Waals surface area contributed by atoms with Crippen LogP contribution < -0.4 is 5.32 Å². The first-order valence-corrected chi connectivity index (χ1v) is 8.63. The normalized spacial score (nSPS) is 29.3. The Balaban J connectivity index is 1.83. The smallest absolute Gasteiger partial charge is 0.241 e. The highest BCUT2D eigenvalue weighted by Gasteiger charge is 2.43. The third-order valence-electron chi connectivity index (χ3n) is 5.11. The maximum atomic E-state index is 12.5. The van der Waals surface area contributed by atoms with Gasteiger partial charge in [-0.15, -0.1) is 11.3 Å². The van der Waals surface area contributed by atoms with Gasteiger partial charge in [-0.25, -0.2) is 0 Å². The minimum absolute atomic E-state index is 0.0580. The second-order valence-corrected chi connectivity index (χ2v) is 7.31. The maximum absolute atomic E-state index is 12.5. The van der Waals surface area contributed by atoms with E-state index in [2.05, 4.69) is 34.7 Å². The summed E-state index contributed by atoms with van der Waals surface area (Å²) in [6, 6.07) is 4.14. The van der Waals surface area contributed by atoms with E-state index in [1.54, 1.807) is 11.3 Å². The second kappa shape index (κ2) is 5.49. The van der Waals surface area contributed by atoms with Gasteiger partial charge in [-0.05, 0) is 43.0 Å². The van der Waals surface area contributed by atoms with E-state index < -0.39 is 0 Å². The van der Waals surface area contributed by atoms with Gasteiger partial charge < -0.3 is 4.90 Å². The molecule has 3 rings (SSSR count). The Morgan fingerprint density at radius 1 is 1.45 bits per heavy atom. The molecule has 1 aliphatic heterocycles. The van der Waals surface area contributed by atoms with E-state index in [0.29, 0.717) is 5.41 Å². The van der Waals surface area contributed by atoms with Crippen molar-refractivity contribution in [3.8, 4) is 0 Å². The van der Waals surface area contributed by atoms with Gasteiger partial charge in [0.2, 0.25) is 5.91 Å². The molecule has 3 nitrogen and oxygen atoms in total. The summed E-state index contributed by atoms with van der Waals surface area (Å²) in [5.74, 6) is 0.267. The van der Waals surface area contributed by atoms with Gasteiger partial charge in [0.15, 0.2) is 0 Å². The van der Waals surface area contributed by atoms with Crippen LogP contribution in [0, 0.1) is 5.41 Å². The lowest BCUT2D eigenvalue weighted by atomic mass is 9.82. The lowest BCUT2D eigenvalue weighted by Gasteiger charge is -2.35. The molecule has 1 saturated heterocycles. The van der Waals surface area contributed by atoms with Crippen LogP contribution in [-0.4, -0.2) is 23.4 Å². The van der Waals surface area contributed by atoms with Crippen LogP contribution in [0.1, 0.15) is 57.0 Å². The van der Waals surface area contributed by atoms with Crippen molar-refractivity contribution in [2.75, 3.05) is 6.54 Å². The van der Waals surface area contributed by atoms with E-state index in [-0.39, 0.29) is 18.1 Å². The first-order chi connectivity index (χ1) is 9.65. The summed E-state index contributed by atoms with van der Waals surface area (Å²) < 4.78 is 0. The van der Waals surface area contributed by atoms with Gasteiger partial charge in [-0.1, -0.05) is 25.8 Å². The van der Waals surface area contributed by atoms with Crippen LogP contribution in [0.15, 0.2) is 17.5 Å². The van der Waals surface area contributed by atoms with E-state index in [0.717, 1.165) is 6.54 Å². The third-order valence-corrected chi connectivity index (χ3v) is 6.03. The molecule has 4 heteroatoms. The van der Waals surface area contributed by atoms with E-state index in [4.69, 9.17) is 0 Å². The number of nitrogens with zero attached hydrogens (tertiary/aromatic N) is 1. The van der Waals surface area contributed by atoms with Crippen molar-refractivity contribution in [2.45, 2.75) is 58.2 Å². The Hall–Kier alpha value is -0.870. The molecule has 0 aromatic carbocycles. The molecule has 0 bridgehead atoms. The number of hydrogen-bond acceptors (Lipinski definition) is 3. The van der Waals surface area contributed by atoms with Crippen molar-refractivity contribution in [3.05, 3.63) is 22.4 Å². The average Bonchev–Trinajstić information content (AvgIpc) is 3.17. The highest BCUT2D eigenvalue weighted by atomic mass is 32.1. The van der Waals surface area contributed by atoms with Gasteiger partial charge in [0.05, 0.1) is 6.04 Å². The fraction of sp³-hybridized carbons (Fsp3) is 0.688. The number of hydrogen-bond donors (Lipinski definition) is 1. The minimum Gasteiger partial charge on any atom is -0.320 e. The number of carbonyl (C=O) groups is 1. The molecule has 2 unspecified atom stereocenters. The molecular weight excluding hydrogens is 268 g/mol. The zero-order chi connectivity index (χ0) is 14.2. The van der Waals surface area contributed by atoms with E-state index in [1.807, 2.05) is 6.92 Å². The van der Waals surface area contributed by atoms with Crippen molar-refractivity contribution < 1.29 is 4.79 Å². The summed E-state index contributed by atoms with van der Waals surface area (Å²) in [7, 11) is 0. The SMILES string of the molecule is CCC1(CN2C(=O)C(C)NC2c2cccs2)CCCC1. The molecule has 0 radical (unpaired) electrons. The molecule has 1 aromatic rings. The zero-order valence-corrected chi connectivity index (χ0v) is 13.2. The third kappa shape index (κ3) is 2.40. The Morgan fingerprint density at radius 3 is 2.80 bits per heavy atom. The molecule has 110 valence electrons. The lowest BCUT2D eigenvalue weighted by Crippen LogP contribution is -2.39. The molecule has 2 aliphatic rings. The number of amides is 1. The standard InChI is InChI=1S/C16H24N2OS/c1-3-16(8-4-5-9-16)11-18-14(13-7-6-10-20-13)17-12(2)15(18)19/h6-7,10,12,14,17H,3-5,8-9,11H2,1-2H3. The van der Waals surface area contributed by atoms with Crippen LogP contribution in [0.3, 0.4) is 0 Å². The van der Waals surface area contributed by atoms with Crippen molar-refractivity contribution in [1.82, 2.24) is 10.2 Å². The Morgan fingerprint density at radius 2 is 2.20 bits per heavy atom. The van der Waals surface area contributed by atoms with Crippen LogP contribution >= 0.6 is 11.3 Å². The fourth-order valence-electron chi connectivity index (χ4n) is 3.74. The predicted molar refractivity (Wildman–Crippen MR) is 82.6 cm³/mol. The van der Waals surface area contributed by atoms with Crippen LogP contribution in [0.4, 0.5) is 0 Å². The summed E-state index contributed by atoms with van der Waals surface area (Å²) in [5, 5.41) is 5.55. The molecule has 1 aliphatic carbocycles. The maximum Gasteiger partial charge on any atom is 0.241 e. The van der Waals surface area contributed by atoms with Gasteiger partial charge in [0.1, 0.15) is 6.17 Å². The highest BCUT2D eigenvalue weighted by molar-refractivity contribution is 7.10. The molecule has 2 fully saturated rings. The lowest BCUT2D eigenvalue weighted by molar-refractivity contribution is -0.131. The monoisotopic (exact) mass is 292 g/mol. The molecule has 1 saturated carbocycles. The van der Waals surface area contributed by atoms with Crippen molar-refractivity contribution in [2.24, 2.45) is 5.41 Å². The van der Waals surface area contributed by atoms with Gasteiger partial charge in [0, 0.05) is 11.4 Å². The van der Waals surface area contributed by atoms with Gasteiger partial charge in [0.25, 0.3) is 0 Å². The summed E-state index contributed by atoms with van der Waals surface area (Å²) in [5.41, 5.74) is 0.358. The van der Waals surface area contributed by atoms with Crippen LogP contribution in [-0.2, 0) is 4.79 Å². The summed E-state index contributed by atoms with van der Waals surface area (Å²) in [4.78, 5) is 15.9. The van der Waals surface area contributed by atoms with Crippen LogP contribution in [0.2, 0.25) is 0 Å². The van der Waals surface area contributed by atoms with Crippen molar-refractivity contribution in [3.63, 3.8) is 0 Å². The number of nitrogens with one attached hydrogen (secondary N) is 1. The number of rotatable bonds is 4. The quantitative estimate of drug-likeness (QED) is 0.920. The Kier molecular flexibility index (Phi) is 3.87.